The van der Waals surface area contributed by atoms with Gasteiger partial charge in [-0.05, 0) is 51.2 Å². The van der Waals surface area contributed by atoms with E-state index in [9.17, 15) is 0 Å². The molecule has 1 fully saturated rings. The second kappa shape index (κ2) is 9.26. The van der Waals surface area contributed by atoms with Crippen molar-refractivity contribution in [3.63, 3.8) is 0 Å². The number of nitrogens with one attached hydrogen (secondary N) is 2. The molecule has 0 atom stereocenters. The van der Waals surface area contributed by atoms with Crippen LogP contribution < -0.4 is 10.6 Å². The molecule has 0 saturated heterocycles. The monoisotopic (exact) mass is 381 g/mol. The van der Waals surface area contributed by atoms with E-state index in [4.69, 9.17) is 4.99 Å². The van der Waals surface area contributed by atoms with Crippen LogP contribution in [0.15, 0.2) is 35.3 Å². The molecule has 1 aliphatic carbocycles. The lowest BCUT2D eigenvalue weighted by Gasteiger charge is -2.28. The van der Waals surface area contributed by atoms with E-state index in [1.165, 1.54) is 42.5 Å². The molecule has 1 aliphatic rings. The smallest absolute Gasteiger partial charge is 0.191 e. The average molecular weight is 382 g/mol. The molecule has 0 bridgehead atoms. The van der Waals surface area contributed by atoms with E-state index in [0.717, 1.165) is 37.7 Å². The van der Waals surface area contributed by atoms with Gasteiger partial charge in [0, 0.05) is 31.2 Å². The van der Waals surface area contributed by atoms with Crippen molar-refractivity contribution in [2.75, 3.05) is 19.6 Å². The predicted octanol–water partition coefficient (Wildman–Crippen LogP) is 3.65. The summed E-state index contributed by atoms with van der Waals surface area (Å²) in [6.07, 6.45) is 6.02. The first-order valence-electron chi connectivity index (χ1n) is 10.6. The van der Waals surface area contributed by atoms with Gasteiger partial charge in [-0.25, -0.2) is 0 Å². The molecule has 28 heavy (non-hydrogen) atoms. The Bertz CT molecular complexity index is 785. The summed E-state index contributed by atoms with van der Waals surface area (Å²) in [5, 5.41) is 11.5. The van der Waals surface area contributed by atoms with E-state index >= 15 is 0 Å². The maximum absolute atomic E-state index is 5.00. The minimum atomic E-state index is 0.195. The third-order valence-corrected chi connectivity index (χ3v) is 6.16. The highest BCUT2D eigenvalue weighted by Gasteiger charge is 2.35. The maximum Gasteiger partial charge on any atom is 0.191 e. The molecule has 1 saturated carbocycles. The van der Waals surface area contributed by atoms with E-state index in [0.29, 0.717) is 0 Å². The van der Waals surface area contributed by atoms with Crippen molar-refractivity contribution in [2.45, 2.75) is 58.3 Å². The van der Waals surface area contributed by atoms with Gasteiger partial charge in [0.25, 0.3) is 0 Å². The number of nitrogens with zero attached hydrogens (tertiary/aromatic N) is 3. The van der Waals surface area contributed by atoms with Crippen molar-refractivity contribution in [1.29, 1.82) is 0 Å². The number of aryl methyl sites for hydroxylation is 2. The largest absolute Gasteiger partial charge is 0.357 e. The fraction of sp³-hybridized carbons (Fsp3) is 0.565. The first-order valence-corrected chi connectivity index (χ1v) is 10.6. The molecule has 1 aromatic heterocycles. The molecule has 0 aliphatic heterocycles. The van der Waals surface area contributed by atoms with Gasteiger partial charge in [0.2, 0.25) is 0 Å². The molecule has 1 aromatic carbocycles. The van der Waals surface area contributed by atoms with Gasteiger partial charge in [0.1, 0.15) is 0 Å². The number of guanidine groups is 1. The highest BCUT2D eigenvalue weighted by molar-refractivity contribution is 5.79. The highest BCUT2D eigenvalue weighted by atomic mass is 15.3. The summed E-state index contributed by atoms with van der Waals surface area (Å²) in [6.45, 7) is 8.92. The molecular formula is C23H35N5. The summed E-state index contributed by atoms with van der Waals surface area (Å²) in [5.74, 6) is 0.920. The molecule has 1 heterocycles. The maximum atomic E-state index is 5.00. The molecule has 0 radical (unpaired) electrons. The molecule has 2 aromatic rings. The van der Waals surface area contributed by atoms with E-state index in [2.05, 4.69) is 66.8 Å². The van der Waals surface area contributed by atoms with Crippen molar-refractivity contribution < 1.29 is 0 Å². The van der Waals surface area contributed by atoms with Crippen LogP contribution in [0.4, 0.5) is 0 Å². The van der Waals surface area contributed by atoms with Crippen LogP contribution in [0.25, 0.3) is 0 Å². The lowest BCUT2D eigenvalue weighted by atomic mass is 9.79. The van der Waals surface area contributed by atoms with Gasteiger partial charge < -0.3 is 10.6 Å². The number of hydrogen-bond donors (Lipinski definition) is 2. The number of aliphatic imine (C=N–C) groups is 1. The number of rotatable bonds is 7. The van der Waals surface area contributed by atoms with E-state index < -0.39 is 0 Å². The summed E-state index contributed by atoms with van der Waals surface area (Å²) in [4.78, 5) is 5.00. The van der Waals surface area contributed by atoms with Crippen LogP contribution >= 0.6 is 0 Å². The van der Waals surface area contributed by atoms with Crippen molar-refractivity contribution in [3.8, 4) is 0 Å². The van der Waals surface area contributed by atoms with Gasteiger partial charge in [-0.1, -0.05) is 43.2 Å². The van der Waals surface area contributed by atoms with E-state index in [-0.39, 0.29) is 5.41 Å². The minimum Gasteiger partial charge on any atom is -0.357 e. The summed E-state index contributed by atoms with van der Waals surface area (Å²) in [6, 6.07) is 11.0. The molecule has 0 amide bonds. The minimum absolute atomic E-state index is 0.195. The lowest BCUT2D eigenvalue weighted by molar-refractivity contribution is 0.452. The van der Waals surface area contributed by atoms with Crippen LogP contribution in [0.3, 0.4) is 0 Å². The number of hydrogen-bond acceptors (Lipinski definition) is 2. The first-order chi connectivity index (χ1) is 13.6. The molecule has 0 spiro atoms. The van der Waals surface area contributed by atoms with Crippen LogP contribution in [0, 0.1) is 13.8 Å². The van der Waals surface area contributed by atoms with E-state index in [1.807, 2.05) is 11.7 Å². The zero-order chi connectivity index (χ0) is 20.0. The predicted molar refractivity (Wildman–Crippen MR) is 117 cm³/mol. The average Bonchev–Trinajstić information content (AvgIpc) is 3.28. The normalized spacial score (nSPS) is 16.4. The molecule has 152 valence electrons. The van der Waals surface area contributed by atoms with Gasteiger partial charge in [-0.2, -0.15) is 5.10 Å². The van der Waals surface area contributed by atoms with Crippen molar-refractivity contribution in [2.24, 2.45) is 12.0 Å². The Hall–Kier alpha value is -2.30. The van der Waals surface area contributed by atoms with Crippen molar-refractivity contribution in [3.05, 3.63) is 52.8 Å². The van der Waals surface area contributed by atoms with Crippen LogP contribution in [-0.4, -0.2) is 35.4 Å². The standard InChI is InChI=1S/C23H35N5/c1-5-24-22(25-16-13-21-18(2)27-28(4)19(21)3)26-17-23(14-9-10-15-23)20-11-7-6-8-12-20/h6-8,11-12H,5,9-10,13-17H2,1-4H3,(H2,24,25,26). The lowest BCUT2D eigenvalue weighted by Crippen LogP contribution is -2.39. The second-order valence-corrected chi connectivity index (χ2v) is 8.00. The van der Waals surface area contributed by atoms with Crippen LogP contribution in [0.1, 0.15) is 55.1 Å². The van der Waals surface area contributed by atoms with Gasteiger partial charge in [-0.3, -0.25) is 9.67 Å². The quantitative estimate of drug-likeness (QED) is 0.569. The van der Waals surface area contributed by atoms with Gasteiger partial charge in [0.05, 0.1) is 12.2 Å². The third-order valence-electron chi connectivity index (χ3n) is 6.16. The summed E-state index contributed by atoms with van der Waals surface area (Å²) >= 11 is 0. The topological polar surface area (TPSA) is 54.2 Å². The Morgan fingerprint density at radius 2 is 1.86 bits per heavy atom. The molecular weight excluding hydrogens is 346 g/mol. The van der Waals surface area contributed by atoms with Crippen LogP contribution in [0.5, 0.6) is 0 Å². The van der Waals surface area contributed by atoms with Crippen molar-refractivity contribution in [1.82, 2.24) is 20.4 Å². The number of aromatic nitrogens is 2. The summed E-state index contributed by atoms with van der Waals surface area (Å²) in [7, 11) is 2.01. The Morgan fingerprint density at radius 3 is 2.46 bits per heavy atom. The van der Waals surface area contributed by atoms with Gasteiger partial charge >= 0.3 is 0 Å². The SMILES string of the molecule is CCNC(=NCC1(c2ccccc2)CCCC1)NCCc1c(C)nn(C)c1C. The molecule has 2 N–H and O–H groups in total. The Balaban J connectivity index is 1.66. The zero-order valence-electron chi connectivity index (χ0n) is 17.9. The van der Waals surface area contributed by atoms with E-state index in [1.54, 1.807) is 0 Å². The van der Waals surface area contributed by atoms with Crippen LogP contribution in [-0.2, 0) is 18.9 Å². The summed E-state index contributed by atoms with van der Waals surface area (Å²) < 4.78 is 1.97. The van der Waals surface area contributed by atoms with Crippen LogP contribution in [0.2, 0.25) is 0 Å². The summed E-state index contributed by atoms with van der Waals surface area (Å²) in [5.41, 5.74) is 5.34. The highest BCUT2D eigenvalue weighted by Crippen LogP contribution is 2.41. The fourth-order valence-corrected chi connectivity index (χ4v) is 4.44. The first kappa shape index (κ1) is 20.4. The van der Waals surface area contributed by atoms with Gasteiger partial charge in [-0.15, -0.1) is 0 Å². The third kappa shape index (κ3) is 4.57. The number of benzene rings is 1. The molecule has 3 rings (SSSR count). The Morgan fingerprint density at radius 1 is 1.14 bits per heavy atom. The molecule has 5 heteroatoms. The zero-order valence-corrected chi connectivity index (χ0v) is 17.9. The molecule has 5 nitrogen and oxygen atoms in total. The van der Waals surface area contributed by atoms with Gasteiger partial charge in [0.15, 0.2) is 5.96 Å². The fourth-order valence-electron chi connectivity index (χ4n) is 4.44. The Labute approximate surface area is 169 Å². The second-order valence-electron chi connectivity index (χ2n) is 8.00. The Kier molecular flexibility index (Phi) is 6.76. The molecule has 0 unspecified atom stereocenters. The van der Waals surface area contributed by atoms with Crippen molar-refractivity contribution >= 4 is 5.96 Å².